The lowest BCUT2D eigenvalue weighted by molar-refractivity contribution is 0.0558. The predicted molar refractivity (Wildman–Crippen MR) is 93.7 cm³/mol. The van der Waals surface area contributed by atoms with Gasteiger partial charge in [-0.15, -0.1) is 0 Å². The van der Waals surface area contributed by atoms with Crippen LogP contribution >= 0.6 is 0 Å². The molecule has 0 saturated heterocycles. The van der Waals surface area contributed by atoms with Crippen molar-refractivity contribution in [2.24, 2.45) is 0 Å². The molecule has 5 nitrogen and oxygen atoms in total. The molecule has 1 aromatic carbocycles. The summed E-state index contributed by atoms with van der Waals surface area (Å²) < 4.78 is 23.5. The minimum atomic E-state index is -0.956. The van der Waals surface area contributed by atoms with Crippen molar-refractivity contribution in [2.75, 3.05) is 11.4 Å². The van der Waals surface area contributed by atoms with Crippen LogP contribution in [0.1, 0.15) is 26.3 Å². The van der Waals surface area contributed by atoms with Crippen molar-refractivity contribution in [3.8, 4) is 0 Å². The monoisotopic (exact) mass is 347 g/mol. The van der Waals surface area contributed by atoms with Crippen LogP contribution < -0.4 is 4.90 Å². The summed E-state index contributed by atoms with van der Waals surface area (Å²) in [6.45, 7) is 5.24. The van der Waals surface area contributed by atoms with Crippen molar-refractivity contribution in [1.82, 2.24) is 0 Å². The zero-order valence-electron chi connectivity index (χ0n) is 14.5. The highest BCUT2D eigenvalue weighted by Crippen LogP contribution is 2.19. The van der Waals surface area contributed by atoms with E-state index in [0.29, 0.717) is 0 Å². The van der Waals surface area contributed by atoms with E-state index in [1.54, 1.807) is 51.1 Å². The minimum absolute atomic E-state index is 0.0415. The maximum absolute atomic E-state index is 12.9. The molecule has 0 aliphatic heterocycles. The molecule has 1 unspecified atom stereocenters. The van der Waals surface area contributed by atoms with Gasteiger partial charge in [0.2, 0.25) is 5.88 Å². The Kier molecular flexibility index (Phi) is 5.98. The summed E-state index contributed by atoms with van der Waals surface area (Å²) in [7, 11) is 0. The summed E-state index contributed by atoms with van der Waals surface area (Å²) in [6.07, 6.45) is 3.04. The van der Waals surface area contributed by atoms with E-state index in [1.165, 1.54) is 29.4 Å². The molecular formula is C19H22FNO4. The van der Waals surface area contributed by atoms with E-state index < -0.39 is 17.8 Å². The second kappa shape index (κ2) is 7.98. The number of rotatable bonds is 5. The van der Waals surface area contributed by atoms with Gasteiger partial charge in [0.25, 0.3) is 0 Å². The molecule has 0 aliphatic carbocycles. The molecule has 1 aromatic heterocycles. The van der Waals surface area contributed by atoms with Crippen LogP contribution in [0.15, 0.2) is 53.2 Å². The molecule has 1 heterocycles. The van der Waals surface area contributed by atoms with Gasteiger partial charge >= 0.3 is 6.09 Å². The minimum Gasteiger partial charge on any atom is -0.448 e. The molecule has 1 atom stereocenters. The number of nitrogens with zero attached hydrogens (tertiary/aromatic N) is 1. The Hall–Kier alpha value is -2.60. The smallest absolute Gasteiger partial charge is 0.417 e. The number of halogens is 1. The Bertz CT molecular complexity index is 702. The largest absolute Gasteiger partial charge is 0.448 e. The van der Waals surface area contributed by atoms with Gasteiger partial charge in [-0.1, -0.05) is 24.3 Å². The molecule has 0 spiro atoms. The average Bonchev–Trinajstić information content (AvgIpc) is 3.04. The number of amides is 1. The zero-order valence-corrected chi connectivity index (χ0v) is 14.5. The zero-order chi connectivity index (χ0) is 18.4. The first kappa shape index (κ1) is 18.7. The third-order valence-electron chi connectivity index (χ3n) is 3.14. The van der Waals surface area contributed by atoms with Crippen molar-refractivity contribution < 1.29 is 23.4 Å². The molecule has 134 valence electrons. The molecule has 0 bridgehead atoms. The third kappa shape index (κ3) is 6.08. The highest BCUT2D eigenvalue weighted by atomic mass is 19.1. The second-order valence-electron chi connectivity index (χ2n) is 6.52. The number of aliphatic hydroxyl groups is 1. The van der Waals surface area contributed by atoms with Crippen molar-refractivity contribution in [3.63, 3.8) is 0 Å². The van der Waals surface area contributed by atoms with Crippen LogP contribution in [0, 0.1) is 5.82 Å². The van der Waals surface area contributed by atoms with Gasteiger partial charge in [0.1, 0.15) is 11.4 Å². The van der Waals surface area contributed by atoms with Crippen LogP contribution in [0.3, 0.4) is 0 Å². The Balaban J connectivity index is 2.08. The molecule has 0 saturated carbocycles. The van der Waals surface area contributed by atoms with Gasteiger partial charge in [0, 0.05) is 6.07 Å². The molecule has 1 N–H and O–H groups in total. The van der Waals surface area contributed by atoms with Crippen molar-refractivity contribution in [2.45, 2.75) is 32.5 Å². The van der Waals surface area contributed by atoms with Gasteiger partial charge in [-0.25, -0.2) is 14.1 Å². The van der Waals surface area contributed by atoms with Gasteiger partial charge in [0.05, 0.1) is 18.9 Å². The van der Waals surface area contributed by atoms with E-state index in [-0.39, 0.29) is 18.2 Å². The van der Waals surface area contributed by atoms with E-state index >= 15 is 0 Å². The number of benzene rings is 1. The van der Waals surface area contributed by atoms with Gasteiger partial charge in [-0.05, 0) is 44.5 Å². The van der Waals surface area contributed by atoms with Crippen LogP contribution in [0.25, 0.3) is 6.08 Å². The van der Waals surface area contributed by atoms with E-state index in [9.17, 15) is 14.3 Å². The summed E-state index contributed by atoms with van der Waals surface area (Å²) in [4.78, 5) is 13.6. The highest BCUT2D eigenvalue weighted by Gasteiger charge is 2.26. The maximum atomic E-state index is 12.9. The van der Waals surface area contributed by atoms with Crippen LogP contribution in [-0.4, -0.2) is 29.4 Å². The van der Waals surface area contributed by atoms with Gasteiger partial charge in [0.15, 0.2) is 0 Å². The molecule has 2 aromatic rings. The Morgan fingerprint density at radius 2 is 2.00 bits per heavy atom. The van der Waals surface area contributed by atoms with Crippen LogP contribution in [0.2, 0.25) is 0 Å². The Morgan fingerprint density at radius 3 is 2.56 bits per heavy atom. The van der Waals surface area contributed by atoms with E-state index in [4.69, 9.17) is 9.15 Å². The van der Waals surface area contributed by atoms with E-state index in [0.717, 1.165) is 5.56 Å². The molecular weight excluding hydrogens is 325 g/mol. The predicted octanol–water partition coefficient (Wildman–Crippen LogP) is 4.23. The molecule has 2 rings (SSSR count). The molecule has 0 radical (unpaired) electrons. The van der Waals surface area contributed by atoms with Gasteiger partial charge in [-0.2, -0.15) is 0 Å². The number of carbonyl (C=O) groups is 1. The fourth-order valence-electron chi connectivity index (χ4n) is 2.04. The quantitative estimate of drug-likeness (QED) is 0.879. The van der Waals surface area contributed by atoms with E-state index in [1.807, 2.05) is 0 Å². The number of aliphatic hydroxyl groups excluding tert-OH is 1. The van der Waals surface area contributed by atoms with Gasteiger partial charge < -0.3 is 14.3 Å². The second-order valence-corrected chi connectivity index (χ2v) is 6.52. The van der Waals surface area contributed by atoms with Crippen molar-refractivity contribution >= 4 is 18.1 Å². The number of furan rings is 1. The molecule has 1 amide bonds. The summed E-state index contributed by atoms with van der Waals surface area (Å²) >= 11 is 0. The molecule has 0 aliphatic rings. The van der Waals surface area contributed by atoms with Crippen molar-refractivity contribution in [3.05, 3.63) is 60.1 Å². The highest BCUT2D eigenvalue weighted by molar-refractivity contribution is 5.86. The van der Waals surface area contributed by atoms with Crippen LogP contribution in [0.5, 0.6) is 0 Å². The Labute approximate surface area is 146 Å². The molecule has 0 fully saturated rings. The standard InChI is InChI=1S/C19H22FNO4/c1-19(2,3)25-18(23)21(17-5-4-12-24-17)13-16(22)11-8-14-6-9-15(20)10-7-14/h4-12,16,22H,13H2,1-3H3/b11-8+. The summed E-state index contributed by atoms with van der Waals surface area (Å²) in [5, 5.41) is 10.2. The number of ether oxygens (including phenoxy) is 1. The average molecular weight is 347 g/mol. The lowest BCUT2D eigenvalue weighted by atomic mass is 10.2. The third-order valence-corrected chi connectivity index (χ3v) is 3.14. The topological polar surface area (TPSA) is 62.9 Å². The molecule has 6 heteroatoms. The first-order valence-corrected chi connectivity index (χ1v) is 7.90. The summed E-state index contributed by atoms with van der Waals surface area (Å²) in [5.41, 5.74) is 0.0684. The fraction of sp³-hybridized carbons (Fsp3) is 0.316. The molecule has 25 heavy (non-hydrogen) atoms. The first-order chi connectivity index (χ1) is 11.7. The SMILES string of the molecule is CC(C)(C)OC(=O)N(CC(O)/C=C/c1ccc(F)cc1)c1ccco1. The van der Waals surface area contributed by atoms with Crippen LogP contribution in [0.4, 0.5) is 15.1 Å². The first-order valence-electron chi connectivity index (χ1n) is 7.90. The Morgan fingerprint density at radius 1 is 1.32 bits per heavy atom. The van der Waals surface area contributed by atoms with Crippen molar-refractivity contribution in [1.29, 1.82) is 0 Å². The summed E-state index contributed by atoms with van der Waals surface area (Å²) in [5.74, 6) is -0.0462. The summed E-state index contributed by atoms with van der Waals surface area (Å²) in [6, 6.07) is 9.12. The lowest BCUT2D eigenvalue weighted by Gasteiger charge is -2.26. The number of anilines is 1. The van der Waals surface area contributed by atoms with E-state index in [2.05, 4.69) is 0 Å². The number of hydrogen-bond acceptors (Lipinski definition) is 4. The lowest BCUT2D eigenvalue weighted by Crippen LogP contribution is -2.40. The maximum Gasteiger partial charge on any atom is 0.417 e. The number of carbonyl (C=O) groups excluding carboxylic acids is 1. The van der Waals surface area contributed by atoms with Crippen LogP contribution in [-0.2, 0) is 4.74 Å². The fourth-order valence-corrected chi connectivity index (χ4v) is 2.04. The number of hydrogen-bond donors (Lipinski definition) is 1. The van der Waals surface area contributed by atoms with Gasteiger partial charge in [-0.3, -0.25) is 0 Å². The normalized spacial score (nSPS) is 13.0.